The summed E-state index contributed by atoms with van der Waals surface area (Å²) >= 11 is 0. The van der Waals surface area contributed by atoms with E-state index >= 15 is 0 Å². The third-order valence-electron chi connectivity index (χ3n) is 7.98. The predicted octanol–water partition coefficient (Wildman–Crippen LogP) is 5.91. The molecule has 0 N–H and O–H groups in total. The van der Waals surface area contributed by atoms with Crippen molar-refractivity contribution >= 4 is 30.4 Å². The molecule has 0 aliphatic carbocycles. The zero-order valence-corrected chi connectivity index (χ0v) is 27.3. The Morgan fingerprint density at radius 2 is 1.55 bits per heavy atom. The Balaban J connectivity index is 2.00. The van der Waals surface area contributed by atoms with Crippen LogP contribution in [0.25, 0.3) is 0 Å². The first kappa shape index (κ1) is 33.4. The molecule has 1 saturated heterocycles. The summed E-state index contributed by atoms with van der Waals surface area (Å²) in [6.07, 6.45) is 9.58. The Morgan fingerprint density at radius 1 is 0.976 bits per heavy atom. The van der Waals surface area contributed by atoms with Crippen LogP contribution in [0.3, 0.4) is 0 Å². The van der Waals surface area contributed by atoms with E-state index in [1.54, 1.807) is 0 Å². The van der Waals surface area contributed by atoms with Gasteiger partial charge in [0.1, 0.15) is 0 Å². The molecule has 0 saturated carbocycles. The van der Waals surface area contributed by atoms with Crippen molar-refractivity contribution in [3.8, 4) is 0 Å². The minimum atomic E-state index is -2.73. The van der Waals surface area contributed by atoms with Crippen LogP contribution in [0.5, 0.6) is 0 Å². The van der Waals surface area contributed by atoms with Crippen molar-refractivity contribution in [2.75, 3.05) is 20.8 Å². The number of esters is 1. The molecule has 226 valence electrons. The number of carbonyl (C=O) groups excluding carboxylic acids is 2. The smallest absolute Gasteiger partial charge is 0.330 e. The van der Waals surface area contributed by atoms with E-state index in [1.165, 1.54) is 30.7 Å². The highest BCUT2D eigenvalue weighted by Crippen LogP contribution is 2.45. The minimum absolute atomic E-state index is 0.164. The molecule has 0 aromatic heterocycles. The molecule has 3 rings (SSSR count). The van der Waals surface area contributed by atoms with Crippen LogP contribution < -0.4 is 10.4 Å². The van der Waals surface area contributed by atoms with Crippen LogP contribution in [0.2, 0.25) is 5.04 Å². The van der Waals surface area contributed by atoms with E-state index < -0.39 is 25.5 Å². The molecular weight excluding hydrogens is 544 g/mol. The van der Waals surface area contributed by atoms with Crippen molar-refractivity contribution in [1.29, 1.82) is 0 Å². The number of benzene rings is 2. The average molecular weight is 591 g/mol. The molecule has 1 aliphatic rings. The fraction of sp³-hybridized carbons (Fsp3) is 0.429. The highest BCUT2D eigenvalue weighted by atomic mass is 28.4. The molecule has 0 radical (unpaired) electrons. The molecule has 0 spiro atoms. The van der Waals surface area contributed by atoms with Crippen LogP contribution in [-0.4, -0.2) is 52.8 Å². The van der Waals surface area contributed by atoms with E-state index in [0.717, 1.165) is 0 Å². The van der Waals surface area contributed by atoms with Crippen molar-refractivity contribution in [2.45, 2.75) is 71.3 Å². The van der Waals surface area contributed by atoms with E-state index in [2.05, 4.69) is 69.3 Å². The Kier molecular flexibility index (Phi) is 11.1. The van der Waals surface area contributed by atoms with E-state index in [9.17, 15) is 9.59 Å². The molecule has 1 aliphatic heterocycles. The lowest BCUT2D eigenvalue weighted by Crippen LogP contribution is -2.66. The lowest BCUT2D eigenvalue weighted by molar-refractivity contribution is -0.275. The van der Waals surface area contributed by atoms with Gasteiger partial charge < -0.3 is 18.6 Å². The first-order chi connectivity index (χ1) is 19.9. The number of ether oxygens (including phenoxy) is 3. The van der Waals surface area contributed by atoms with Gasteiger partial charge in [0.15, 0.2) is 0 Å². The summed E-state index contributed by atoms with van der Waals surface area (Å²) in [6, 6.07) is 20.9. The van der Waals surface area contributed by atoms with Crippen molar-refractivity contribution in [1.82, 2.24) is 0 Å². The Hall–Kier alpha value is -3.10. The first-order valence-corrected chi connectivity index (χ1v) is 16.4. The molecule has 2 aromatic rings. The number of hydrogen-bond acceptors (Lipinski definition) is 6. The SMILES string of the molecule is C/C=C/C[C@@H]1C/C(=C\C(=O)OC)C(=O)[C@](OC)(C(C)(C)/C=C/CO[Si](c2ccccc2)(c2ccccc2)C(C)(C)C)O1. The summed E-state index contributed by atoms with van der Waals surface area (Å²) in [5, 5.41) is 2.22. The molecule has 1 heterocycles. The standard InChI is InChI=1S/C35H46O6Si/c1-9-10-18-28-25-27(26-31(36)38-7)32(37)35(39-8,41-28)34(5,6)23-17-24-40-42(33(2,3)4,29-19-13-11-14-20-29)30-21-15-12-16-22-30/h9-17,19-23,26,28H,18,24-25H2,1-8H3/b10-9+,23-17+,27-26+/t28-,35-/m1/s1. The van der Waals surface area contributed by atoms with Gasteiger partial charge in [0.05, 0.1) is 19.8 Å². The van der Waals surface area contributed by atoms with Gasteiger partial charge in [-0.3, -0.25) is 4.79 Å². The van der Waals surface area contributed by atoms with Gasteiger partial charge in [-0.1, -0.05) is 120 Å². The number of hydrogen-bond donors (Lipinski definition) is 0. The predicted molar refractivity (Wildman–Crippen MR) is 170 cm³/mol. The van der Waals surface area contributed by atoms with Crippen LogP contribution in [0.15, 0.2) is 96.6 Å². The van der Waals surface area contributed by atoms with Gasteiger partial charge in [-0.05, 0) is 28.8 Å². The van der Waals surface area contributed by atoms with Gasteiger partial charge in [-0.2, -0.15) is 0 Å². The van der Waals surface area contributed by atoms with Crippen LogP contribution >= 0.6 is 0 Å². The van der Waals surface area contributed by atoms with Crippen LogP contribution in [0.4, 0.5) is 0 Å². The third kappa shape index (κ3) is 6.75. The molecule has 0 amide bonds. The molecule has 0 unspecified atom stereocenters. The summed E-state index contributed by atoms with van der Waals surface area (Å²) in [5.41, 5.74) is -0.577. The summed E-state index contributed by atoms with van der Waals surface area (Å²) in [6.45, 7) is 12.8. The Morgan fingerprint density at radius 3 is 2.02 bits per heavy atom. The highest BCUT2D eigenvalue weighted by Gasteiger charge is 2.57. The fourth-order valence-corrected chi connectivity index (χ4v) is 10.4. The quantitative estimate of drug-likeness (QED) is 0.140. The van der Waals surface area contributed by atoms with E-state index in [0.29, 0.717) is 25.0 Å². The van der Waals surface area contributed by atoms with Crippen LogP contribution in [-0.2, 0) is 28.2 Å². The maximum Gasteiger partial charge on any atom is 0.330 e. The highest BCUT2D eigenvalue weighted by molar-refractivity contribution is 6.99. The van der Waals surface area contributed by atoms with Gasteiger partial charge in [-0.15, -0.1) is 0 Å². The Labute approximate surface area is 252 Å². The van der Waals surface area contributed by atoms with Gasteiger partial charge in [0.2, 0.25) is 11.6 Å². The zero-order valence-electron chi connectivity index (χ0n) is 26.3. The monoisotopic (exact) mass is 590 g/mol. The molecule has 7 heteroatoms. The first-order valence-electron chi connectivity index (χ1n) is 14.5. The molecule has 2 aromatic carbocycles. The van der Waals surface area contributed by atoms with Crippen molar-refractivity contribution < 1.29 is 28.2 Å². The second-order valence-corrected chi connectivity index (χ2v) is 16.5. The zero-order chi connectivity index (χ0) is 31.0. The number of ketones is 1. The van der Waals surface area contributed by atoms with Crippen LogP contribution in [0.1, 0.15) is 54.4 Å². The summed E-state index contributed by atoms with van der Waals surface area (Å²) in [7, 11) is 0.0325. The van der Waals surface area contributed by atoms with E-state index in [4.69, 9.17) is 18.6 Å². The summed E-state index contributed by atoms with van der Waals surface area (Å²) in [5.74, 6) is -2.59. The van der Waals surface area contributed by atoms with Gasteiger partial charge in [-0.25, -0.2) is 4.79 Å². The maximum atomic E-state index is 13.9. The van der Waals surface area contributed by atoms with Crippen molar-refractivity contribution in [2.24, 2.45) is 5.41 Å². The maximum absolute atomic E-state index is 13.9. The van der Waals surface area contributed by atoms with E-state index in [1.807, 2.05) is 57.2 Å². The van der Waals surface area contributed by atoms with E-state index in [-0.39, 0.29) is 16.9 Å². The normalized spacial score (nSPS) is 21.4. The largest absolute Gasteiger partial charge is 0.466 e. The van der Waals surface area contributed by atoms with Crippen molar-refractivity contribution in [3.05, 3.63) is 96.6 Å². The Bertz CT molecular complexity index is 1250. The third-order valence-corrected chi connectivity index (χ3v) is 13.0. The second-order valence-electron chi connectivity index (χ2n) is 12.2. The lowest BCUT2D eigenvalue weighted by Gasteiger charge is -2.47. The molecule has 2 atom stereocenters. The number of methoxy groups -OCH3 is 2. The van der Waals surface area contributed by atoms with Crippen LogP contribution in [0, 0.1) is 5.41 Å². The second kappa shape index (κ2) is 13.9. The van der Waals surface area contributed by atoms with Gasteiger partial charge >= 0.3 is 5.97 Å². The number of rotatable bonds is 11. The number of allylic oxidation sites excluding steroid dienone is 1. The number of Topliss-reactive ketones (excluding diaryl/α,β-unsaturated/α-hetero) is 1. The molecule has 1 fully saturated rings. The summed E-state index contributed by atoms with van der Waals surface area (Å²) < 4.78 is 24.2. The molecule has 42 heavy (non-hydrogen) atoms. The topological polar surface area (TPSA) is 71.1 Å². The van der Waals surface area contributed by atoms with Gasteiger partial charge in [0.25, 0.3) is 8.32 Å². The minimum Gasteiger partial charge on any atom is -0.466 e. The van der Waals surface area contributed by atoms with Gasteiger partial charge in [0, 0.05) is 30.6 Å². The fourth-order valence-electron chi connectivity index (χ4n) is 5.86. The van der Waals surface area contributed by atoms with Crippen molar-refractivity contribution in [3.63, 3.8) is 0 Å². The lowest BCUT2D eigenvalue weighted by atomic mass is 9.75. The number of carbonyl (C=O) groups is 2. The average Bonchev–Trinajstić information content (AvgIpc) is 2.97. The molecule has 6 nitrogen and oxygen atoms in total. The molecular formula is C35H46O6Si. The molecule has 0 bridgehead atoms. The summed E-state index contributed by atoms with van der Waals surface area (Å²) in [4.78, 5) is 26.0.